The predicted octanol–water partition coefficient (Wildman–Crippen LogP) is 4.71. The molecular formula is C15H18BrNS. The molecule has 2 rings (SSSR count). The average Bonchev–Trinajstić information content (AvgIpc) is 2.85. The molecular weight excluding hydrogens is 306 g/mol. The largest absolute Gasteiger partial charge is 0.310 e. The number of hydrogen-bond donors (Lipinski definition) is 1. The fourth-order valence-electron chi connectivity index (χ4n) is 2.11. The number of thiophene rings is 1. The summed E-state index contributed by atoms with van der Waals surface area (Å²) in [4.78, 5) is 0. The molecule has 0 radical (unpaired) electrons. The topological polar surface area (TPSA) is 12.0 Å². The van der Waals surface area contributed by atoms with Crippen molar-refractivity contribution in [3.63, 3.8) is 0 Å². The Bertz CT molecular complexity index is 493. The molecule has 1 nitrogen and oxygen atoms in total. The third kappa shape index (κ3) is 3.44. The minimum Gasteiger partial charge on any atom is -0.310 e. The highest BCUT2D eigenvalue weighted by atomic mass is 79.9. The van der Waals surface area contributed by atoms with E-state index >= 15 is 0 Å². The summed E-state index contributed by atoms with van der Waals surface area (Å²) in [5.74, 6) is 0. The van der Waals surface area contributed by atoms with Gasteiger partial charge in [0.1, 0.15) is 0 Å². The molecule has 0 spiro atoms. The molecule has 2 aromatic rings. The number of halogens is 1. The first kappa shape index (κ1) is 13.8. The molecule has 3 heteroatoms. The molecule has 0 aliphatic carbocycles. The van der Waals surface area contributed by atoms with E-state index in [1.807, 2.05) is 0 Å². The highest BCUT2D eigenvalue weighted by Gasteiger charge is 2.14. The Morgan fingerprint density at radius 3 is 2.83 bits per heavy atom. The summed E-state index contributed by atoms with van der Waals surface area (Å²) in [6, 6.07) is 9.13. The summed E-state index contributed by atoms with van der Waals surface area (Å²) in [7, 11) is 0. The molecule has 18 heavy (non-hydrogen) atoms. The van der Waals surface area contributed by atoms with Gasteiger partial charge < -0.3 is 5.32 Å². The van der Waals surface area contributed by atoms with Crippen molar-refractivity contribution in [2.45, 2.75) is 26.3 Å². The van der Waals surface area contributed by atoms with Crippen LogP contribution in [0.15, 0.2) is 39.5 Å². The van der Waals surface area contributed by atoms with E-state index in [1.165, 1.54) is 21.2 Å². The van der Waals surface area contributed by atoms with Gasteiger partial charge in [-0.1, -0.05) is 40.5 Å². The van der Waals surface area contributed by atoms with Crippen LogP contribution in [-0.4, -0.2) is 6.54 Å². The molecule has 1 aromatic heterocycles. The fraction of sp³-hybridized carbons (Fsp3) is 0.333. The van der Waals surface area contributed by atoms with Crippen molar-refractivity contribution in [1.82, 2.24) is 5.32 Å². The number of likely N-dealkylation sites (N-methyl/N-ethyl adjacent to an activating group) is 1. The van der Waals surface area contributed by atoms with E-state index in [1.54, 1.807) is 11.3 Å². The summed E-state index contributed by atoms with van der Waals surface area (Å²) in [5.41, 5.74) is 4.06. The van der Waals surface area contributed by atoms with Crippen LogP contribution >= 0.6 is 27.3 Å². The number of aryl methyl sites for hydroxylation is 1. The Kier molecular flexibility index (Phi) is 4.98. The van der Waals surface area contributed by atoms with Crippen molar-refractivity contribution in [2.75, 3.05) is 6.54 Å². The lowest BCUT2D eigenvalue weighted by Gasteiger charge is -2.20. The van der Waals surface area contributed by atoms with Crippen molar-refractivity contribution in [1.29, 1.82) is 0 Å². The van der Waals surface area contributed by atoms with Gasteiger partial charge in [-0.05, 0) is 53.9 Å². The molecule has 0 aliphatic heterocycles. The molecule has 0 saturated carbocycles. The zero-order valence-corrected chi connectivity index (χ0v) is 13.1. The average molecular weight is 324 g/mol. The van der Waals surface area contributed by atoms with Gasteiger partial charge in [-0.3, -0.25) is 0 Å². The van der Waals surface area contributed by atoms with E-state index in [2.05, 4.69) is 70.1 Å². The van der Waals surface area contributed by atoms with Crippen LogP contribution in [0.25, 0.3) is 0 Å². The van der Waals surface area contributed by atoms with Gasteiger partial charge in [-0.15, -0.1) is 0 Å². The van der Waals surface area contributed by atoms with Gasteiger partial charge in [0.15, 0.2) is 0 Å². The van der Waals surface area contributed by atoms with Crippen LogP contribution in [0.4, 0.5) is 0 Å². The summed E-state index contributed by atoms with van der Waals surface area (Å²) in [6.07, 6.45) is 1.04. The first-order valence-corrected chi connectivity index (χ1v) is 7.94. The maximum atomic E-state index is 3.67. The lowest BCUT2D eigenvalue weighted by molar-refractivity contribution is 0.548. The highest BCUT2D eigenvalue weighted by Crippen LogP contribution is 2.27. The van der Waals surface area contributed by atoms with Crippen LogP contribution in [-0.2, 0) is 6.42 Å². The number of nitrogens with one attached hydrogen (secondary N) is 1. The third-order valence-corrected chi connectivity index (χ3v) is 4.45. The number of benzene rings is 1. The minimum absolute atomic E-state index is 0.374. The van der Waals surface area contributed by atoms with Gasteiger partial charge in [-0.25, -0.2) is 0 Å². The molecule has 1 unspecified atom stereocenters. The van der Waals surface area contributed by atoms with Crippen LogP contribution in [0.1, 0.15) is 29.7 Å². The summed E-state index contributed by atoms with van der Waals surface area (Å²) < 4.78 is 1.19. The lowest BCUT2D eigenvalue weighted by atomic mass is 9.99. The van der Waals surface area contributed by atoms with Crippen molar-refractivity contribution in [3.8, 4) is 0 Å². The van der Waals surface area contributed by atoms with E-state index < -0.39 is 0 Å². The van der Waals surface area contributed by atoms with E-state index in [-0.39, 0.29) is 0 Å². The van der Waals surface area contributed by atoms with Crippen molar-refractivity contribution >= 4 is 27.3 Å². The third-order valence-electron chi connectivity index (χ3n) is 3.00. The van der Waals surface area contributed by atoms with Crippen LogP contribution < -0.4 is 5.32 Å². The molecule has 1 heterocycles. The van der Waals surface area contributed by atoms with E-state index in [9.17, 15) is 0 Å². The van der Waals surface area contributed by atoms with Gasteiger partial charge >= 0.3 is 0 Å². The smallest absolute Gasteiger partial charge is 0.0372 e. The van der Waals surface area contributed by atoms with E-state index in [4.69, 9.17) is 0 Å². The second-order valence-electron chi connectivity index (χ2n) is 4.47. The van der Waals surface area contributed by atoms with Gasteiger partial charge in [0.25, 0.3) is 0 Å². The Balaban J connectivity index is 2.26. The van der Waals surface area contributed by atoms with Crippen LogP contribution in [0, 0.1) is 6.92 Å². The van der Waals surface area contributed by atoms with E-state index in [0.717, 1.165) is 13.0 Å². The normalized spacial score (nSPS) is 12.6. The Morgan fingerprint density at radius 1 is 1.33 bits per heavy atom. The SMILES string of the molecule is CCNC(Cc1ccsc1)c1cc(C)ccc1Br. The first-order valence-electron chi connectivity index (χ1n) is 6.21. The Labute approximate surface area is 121 Å². The zero-order chi connectivity index (χ0) is 13.0. The van der Waals surface area contributed by atoms with Crippen molar-refractivity contribution < 1.29 is 0 Å². The van der Waals surface area contributed by atoms with Gasteiger partial charge in [-0.2, -0.15) is 11.3 Å². The van der Waals surface area contributed by atoms with Crippen LogP contribution in [0.3, 0.4) is 0 Å². The molecule has 1 atom stereocenters. The minimum atomic E-state index is 0.374. The van der Waals surface area contributed by atoms with Crippen molar-refractivity contribution in [3.05, 3.63) is 56.2 Å². The summed E-state index contributed by atoms with van der Waals surface area (Å²) in [5, 5.41) is 7.95. The van der Waals surface area contributed by atoms with Gasteiger partial charge in [0.2, 0.25) is 0 Å². The number of rotatable bonds is 5. The maximum absolute atomic E-state index is 3.67. The number of hydrogen-bond acceptors (Lipinski definition) is 2. The zero-order valence-electron chi connectivity index (χ0n) is 10.7. The second kappa shape index (κ2) is 6.50. The van der Waals surface area contributed by atoms with E-state index in [0.29, 0.717) is 6.04 Å². The maximum Gasteiger partial charge on any atom is 0.0372 e. The summed E-state index contributed by atoms with van der Waals surface area (Å²) in [6.45, 7) is 5.28. The van der Waals surface area contributed by atoms with Crippen LogP contribution in [0.2, 0.25) is 0 Å². The van der Waals surface area contributed by atoms with Gasteiger partial charge in [0.05, 0.1) is 0 Å². The van der Waals surface area contributed by atoms with Crippen molar-refractivity contribution in [2.24, 2.45) is 0 Å². The molecule has 1 N–H and O–H groups in total. The monoisotopic (exact) mass is 323 g/mol. The molecule has 0 bridgehead atoms. The first-order chi connectivity index (χ1) is 8.70. The molecule has 0 aliphatic rings. The predicted molar refractivity (Wildman–Crippen MR) is 83.3 cm³/mol. The Hall–Kier alpha value is -0.640. The fourth-order valence-corrected chi connectivity index (χ4v) is 3.32. The summed E-state index contributed by atoms with van der Waals surface area (Å²) >= 11 is 5.43. The Morgan fingerprint density at radius 2 is 2.17 bits per heavy atom. The quantitative estimate of drug-likeness (QED) is 0.840. The van der Waals surface area contributed by atoms with Gasteiger partial charge in [0, 0.05) is 10.5 Å². The highest BCUT2D eigenvalue weighted by molar-refractivity contribution is 9.10. The molecule has 0 saturated heterocycles. The molecule has 1 aromatic carbocycles. The molecule has 96 valence electrons. The standard InChI is InChI=1S/C15H18BrNS/c1-3-17-15(9-12-6-7-18-10-12)13-8-11(2)4-5-14(13)16/h4-8,10,15,17H,3,9H2,1-2H3. The molecule has 0 amide bonds. The van der Waals surface area contributed by atoms with Crippen LogP contribution in [0.5, 0.6) is 0 Å². The molecule has 0 fully saturated rings. The second-order valence-corrected chi connectivity index (χ2v) is 6.11. The lowest BCUT2D eigenvalue weighted by Crippen LogP contribution is -2.23.